The molecule has 19 heavy (non-hydrogen) atoms. The monoisotopic (exact) mass is 479 g/mol. The van der Waals surface area contributed by atoms with E-state index < -0.39 is 20.3 Å². The van der Waals surface area contributed by atoms with E-state index in [9.17, 15) is 0 Å². The molecule has 19 heteroatoms. The fourth-order valence-corrected chi connectivity index (χ4v) is 0. The molecule has 0 amide bonds. The summed E-state index contributed by atoms with van der Waals surface area (Å²) in [4.78, 5) is 33.0. The summed E-state index contributed by atoms with van der Waals surface area (Å²) < 4.78 is 0. The first kappa shape index (κ1) is 44.0. The Hall–Kier alpha value is -2.59. The van der Waals surface area contributed by atoms with Crippen molar-refractivity contribution in [1.82, 2.24) is 12.3 Å². The molecule has 18 nitrogen and oxygen atoms in total. The minimum atomic E-state index is -1.75. The summed E-state index contributed by atoms with van der Waals surface area (Å²) in [6, 6.07) is 0. The summed E-state index contributed by atoms with van der Waals surface area (Å²) in [5.74, 6) is 0. The van der Waals surface area contributed by atoms with Gasteiger partial charge in [-0.1, -0.05) is 0 Å². The van der Waals surface area contributed by atoms with Gasteiger partial charge in [-0.15, -0.1) is 0 Å². The molecule has 0 aliphatic carbocycles. The number of rotatable bonds is 0. The van der Waals surface area contributed by atoms with Gasteiger partial charge in [-0.3, -0.25) is 0 Å². The molecule has 0 unspecified atom stereocenters. The Morgan fingerprint density at radius 2 is 0.421 bits per heavy atom. The molecule has 0 atom stereocenters. The van der Waals surface area contributed by atoms with Gasteiger partial charge in [0.1, 0.15) is 0 Å². The minimum Gasteiger partial charge on any atom is -0.369 e. The average molecular weight is 479 g/mol. The van der Waals surface area contributed by atoms with E-state index in [1.54, 1.807) is 0 Å². The molecule has 0 heterocycles. The van der Waals surface area contributed by atoms with Crippen molar-refractivity contribution in [3.05, 3.63) is 61.3 Å². The maximum Gasteiger partial charge on any atom is 2.00 e. The maximum absolute atomic E-state index is 8.25. The van der Waals surface area contributed by atoms with Crippen LogP contribution in [0.4, 0.5) is 0 Å². The molecule has 0 aliphatic heterocycles. The second kappa shape index (κ2) is 36.1. The van der Waals surface area contributed by atoms with Crippen molar-refractivity contribution in [3.63, 3.8) is 0 Å². The van der Waals surface area contributed by atoms with Crippen molar-refractivity contribution < 1.29 is 41.4 Å². The summed E-state index contributed by atoms with van der Waals surface area (Å²) in [7, 11) is 0. The molecule has 0 rings (SSSR count). The molecular weight excluding hydrogens is 471 g/mol. The summed E-state index contributed by atoms with van der Waals surface area (Å²) in [5, 5.41) is 59.0. The Kier molecular flexibility index (Phi) is 83.7. The zero-order valence-corrected chi connectivity index (χ0v) is 11.3. The van der Waals surface area contributed by atoms with Crippen molar-refractivity contribution in [1.29, 1.82) is 0 Å². The van der Waals surface area contributed by atoms with E-state index >= 15 is 0 Å². The minimum absolute atomic E-state index is 0. The smallest absolute Gasteiger partial charge is 0.369 e. The van der Waals surface area contributed by atoms with Crippen LogP contribution >= 0.6 is 0 Å². The third-order valence-electron chi connectivity index (χ3n) is 0. The molecule has 0 aromatic rings. The first-order valence-corrected chi connectivity index (χ1v) is 2.19. The van der Waals surface area contributed by atoms with Gasteiger partial charge in [0.15, 0.2) is 0 Å². The second-order valence-electron chi connectivity index (χ2n) is 0.894. The molecule has 0 radical (unpaired) electrons. The van der Waals surface area contributed by atoms with Gasteiger partial charge in [0.05, 0.1) is 20.3 Å². The van der Waals surface area contributed by atoms with E-state index in [4.69, 9.17) is 61.3 Å². The molecule has 0 saturated heterocycles. The number of hydrogen-bond acceptors (Lipinski definition) is 12. The van der Waals surface area contributed by atoms with Gasteiger partial charge < -0.3 is 73.6 Å². The molecule has 0 saturated carbocycles. The molecule has 8 N–H and O–H groups in total. The number of hydrogen-bond donors (Lipinski definition) is 2. The van der Waals surface area contributed by atoms with E-state index in [1.807, 2.05) is 0 Å². The maximum atomic E-state index is 8.25. The Labute approximate surface area is 116 Å². The predicted octanol–water partition coefficient (Wildman–Crippen LogP) is -0.207. The molecule has 120 valence electrons. The van der Waals surface area contributed by atoms with Gasteiger partial charge in [-0.25, -0.2) is 0 Å². The predicted molar refractivity (Wildman–Crippen MR) is 53.4 cm³/mol. The first-order valence-electron chi connectivity index (χ1n) is 2.19. The SMILES string of the molecule is O=[N+]([O-])[O-].O=[N+]([O-])[O-].O=[N+]([O-])[O-].O=[N+]([O-])[O-].[NH4+].[NH4+].[Pt+2]. The van der Waals surface area contributed by atoms with Crippen LogP contribution in [0.1, 0.15) is 0 Å². The van der Waals surface area contributed by atoms with E-state index in [0.29, 0.717) is 0 Å². The van der Waals surface area contributed by atoms with Crippen LogP contribution in [0.3, 0.4) is 0 Å². The fourth-order valence-electron chi connectivity index (χ4n) is 0. The Bertz CT molecular complexity index is 162. The molecule has 0 fully saturated rings. The summed E-state index contributed by atoms with van der Waals surface area (Å²) in [5.41, 5.74) is 0. The Morgan fingerprint density at radius 1 is 0.421 bits per heavy atom. The first-order chi connectivity index (χ1) is 6.93. The topological polar surface area (TPSA) is 338 Å². The molecule has 0 aliphatic rings. The zero-order chi connectivity index (χ0) is 14.3. The summed E-state index contributed by atoms with van der Waals surface area (Å²) in [6.07, 6.45) is 0. The number of quaternary nitrogens is 2. The van der Waals surface area contributed by atoms with Crippen molar-refractivity contribution in [2.24, 2.45) is 0 Å². The normalized spacial score (nSPS) is 5.05. The van der Waals surface area contributed by atoms with Gasteiger partial charge in [0.25, 0.3) is 0 Å². The largest absolute Gasteiger partial charge is 2.00 e. The summed E-state index contributed by atoms with van der Waals surface area (Å²) >= 11 is 0. The van der Waals surface area contributed by atoms with Crippen molar-refractivity contribution in [2.45, 2.75) is 0 Å². The van der Waals surface area contributed by atoms with Crippen LogP contribution in [0, 0.1) is 61.3 Å². The second-order valence-corrected chi connectivity index (χ2v) is 0.894. The van der Waals surface area contributed by atoms with Crippen LogP contribution in [0.5, 0.6) is 0 Å². The van der Waals surface area contributed by atoms with Crippen LogP contribution in [0.2, 0.25) is 0 Å². The molecule has 0 aromatic carbocycles. The van der Waals surface area contributed by atoms with Gasteiger partial charge in [-0.05, 0) is 0 Å². The Balaban J connectivity index is -0.0000000192. The molecule has 0 aromatic heterocycles. The Morgan fingerprint density at radius 3 is 0.421 bits per heavy atom. The summed E-state index contributed by atoms with van der Waals surface area (Å²) in [6.45, 7) is 0. The number of nitrogens with zero attached hydrogens (tertiary/aromatic N) is 4. The van der Waals surface area contributed by atoms with Crippen LogP contribution in [-0.2, 0) is 21.1 Å². The molecule has 0 spiro atoms. The standard InChI is InChI=1S/4NO3.2H3N.Pt/c4*2-1(3)4;;;/h;;;;2*1H3;/q4*-1;;;+2/p+2. The van der Waals surface area contributed by atoms with Crippen LogP contribution in [0.15, 0.2) is 0 Å². The van der Waals surface area contributed by atoms with Gasteiger partial charge in [-0.2, -0.15) is 0 Å². The zero-order valence-electron chi connectivity index (χ0n) is 9.00. The van der Waals surface area contributed by atoms with Gasteiger partial charge in [0.2, 0.25) is 0 Å². The van der Waals surface area contributed by atoms with E-state index in [-0.39, 0.29) is 33.4 Å². The van der Waals surface area contributed by atoms with E-state index in [2.05, 4.69) is 0 Å². The van der Waals surface area contributed by atoms with Crippen molar-refractivity contribution in [2.75, 3.05) is 0 Å². The van der Waals surface area contributed by atoms with Crippen LogP contribution < -0.4 is 12.3 Å². The van der Waals surface area contributed by atoms with Gasteiger partial charge in [0, 0.05) is 0 Å². The average Bonchev–Trinajstić information content (AvgIpc) is 1.76. The third kappa shape index (κ3) is 412. The quantitative estimate of drug-likeness (QED) is 0.336. The van der Waals surface area contributed by atoms with Crippen LogP contribution in [-0.4, -0.2) is 20.3 Å². The van der Waals surface area contributed by atoms with E-state index in [1.165, 1.54) is 0 Å². The fraction of sp³-hybridized carbons (Fsp3) is 0. The molecular formula is H8N6O12Pt. The van der Waals surface area contributed by atoms with Crippen LogP contribution in [0.25, 0.3) is 0 Å². The van der Waals surface area contributed by atoms with Crippen molar-refractivity contribution in [3.8, 4) is 0 Å². The van der Waals surface area contributed by atoms with Gasteiger partial charge >= 0.3 is 21.1 Å². The third-order valence-corrected chi connectivity index (χ3v) is 0. The van der Waals surface area contributed by atoms with E-state index in [0.717, 1.165) is 0 Å². The molecule has 0 bridgehead atoms. The van der Waals surface area contributed by atoms with Crippen molar-refractivity contribution >= 4 is 0 Å².